The van der Waals surface area contributed by atoms with Crippen LogP contribution in [0.2, 0.25) is 0 Å². The van der Waals surface area contributed by atoms with Crippen molar-refractivity contribution >= 4 is 17.0 Å². The molecule has 1 heterocycles. The topological polar surface area (TPSA) is 38.9 Å². The molecule has 0 aliphatic heterocycles. The second kappa shape index (κ2) is 4.34. The molecule has 98 valence electrons. The molecule has 1 aromatic carbocycles. The summed E-state index contributed by atoms with van der Waals surface area (Å²) in [6.07, 6.45) is 5.66. The Balaban J connectivity index is 1.65. The highest BCUT2D eigenvalue weighted by molar-refractivity contribution is 7.10. The van der Waals surface area contributed by atoms with Crippen LogP contribution in [0.3, 0.4) is 0 Å². The van der Waals surface area contributed by atoms with E-state index in [9.17, 15) is 0 Å². The predicted octanol–water partition coefficient (Wildman–Crippen LogP) is 4.30. The molecule has 2 saturated carbocycles. The monoisotopic (exact) mass is 270 g/mol. The van der Waals surface area contributed by atoms with Crippen LogP contribution in [0.25, 0.3) is 11.3 Å². The van der Waals surface area contributed by atoms with E-state index in [1.165, 1.54) is 30.7 Å². The van der Waals surface area contributed by atoms with Gasteiger partial charge in [-0.3, -0.25) is 0 Å². The molecule has 3 unspecified atom stereocenters. The van der Waals surface area contributed by atoms with Crippen LogP contribution in [0.15, 0.2) is 29.6 Å². The third-order valence-corrected chi connectivity index (χ3v) is 5.79. The molecule has 2 aromatic rings. The van der Waals surface area contributed by atoms with Crippen molar-refractivity contribution in [3.05, 3.63) is 34.7 Å². The van der Waals surface area contributed by atoms with Gasteiger partial charge in [0.15, 0.2) is 0 Å². The Labute approximate surface area is 117 Å². The molecular formula is C16H18N2S. The fourth-order valence-corrected chi connectivity index (χ4v) is 4.89. The third-order valence-electron chi connectivity index (χ3n) is 4.81. The van der Waals surface area contributed by atoms with Crippen LogP contribution in [0.1, 0.15) is 36.6 Å². The lowest BCUT2D eigenvalue weighted by atomic mass is 9.89. The fraction of sp³-hybridized carbons (Fsp3) is 0.438. The van der Waals surface area contributed by atoms with Gasteiger partial charge in [0.2, 0.25) is 0 Å². The number of fused-ring (bicyclic) bond motifs is 2. The molecule has 2 N–H and O–H groups in total. The Hall–Kier alpha value is -1.35. The van der Waals surface area contributed by atoms with Crippen molar-refractivity contribution in [2.45, 2.75) is 31.6 Å². The number of hydrogen-bond acceptors (Lipinski definition) is 3. The van der Waals surface area contributed by atoms with Gasteiger partial charge in [-0.25, -0.2) is 4.98 Å². The van der Waals surface area contributed by atoms with Gasteiger partial charge in [0, 0.05) is 22.5 Å². The van der Waals surface area contributed by atoms with E-state index in [-0.39, 0.29) is 0 Å². The lowest BCUT2D eigenvalue weighted by molar-refractivity contribution is 0.419. The van der Waals surface area contributed by atoms with Gasteiger partial charge in [-0.15, -0.1) is 11.3 Å². The summed E-state index contributed by atoms with van der Waals surface area (Å²) in [6.45, 7) is 0. The van der Waals surface area contributed by atoms with Crippen molar-refractivity contribution < 1.29 is 0 Å². The van der Waals surface area contributed by atoms with Crippen LogP contribution in [0, 0.1) is 11.8 Å². The molecule has 0 amide bonds. The van der Waals surface area contributed by atoms with E-state index in [1.54, 1.807) is 0 Å². The standard InChI is InChI=1S/C16H18N2S/c17-14-4-2-1-3-12(14)15-9-19-16(18-15)13-8-10-5-6-11(13)7-10/h1-4,9-11,13H,5-8,17H2. The minimum atomic E-state index is 0.724. The van der Waals surface area contributed by atoms with Crippen LogP contribution >= 0.6 is 11.3 Å². The highest BCUT2D eigenvalue weighted by Gasteiger charge is 2.41. The summed E-state index contributed by atoms with van der Waals surface area (Å²) >= 11 is 1.82. The van der Waals surface area contributed by atoms with Crippen molar-refractivity contribution in [1.82, 2.24) is 4.98 Å². The van der Waals surface area contributed by atoms with Crippen LogP contribution in [0.4, 0.5) is 5.69 Å². The van der Waals surface area contributed by atoms with Crippen molar-refractivity contribution in [3.63, 3.8) is 0 Å². The van der Waals surface area contributed by atoms with Gasteiger partial charge in [0.05, 0.1) is 10.7 Å². The Kier molecular flexibility index (Phi) is 2.62. The van der Waals surface area contributed by atoms with E-state index in [0.29, 0.717) is 0 Å². The molecule has 2 bridgehead atoms. The minimum absolute atomic E-state index is 0.724. The lowest BCUT2D eigenvalue weighted by Crippen LogP contribution is -2.08. The zero-order valence-corrected chi connectivity index (χ0v) is 11.7. The number of nitrogens with zero attached hydrogens (tertiary/aromatic N) is 1. The van der Waals surface area contributed by atoms with Crippen molar-refractivity contribution in [2.24, 2.45) is 11.8 Å². The van der Waals surface area contributed by atoms with E-state index >= 15 is 0 Å². The van der Waals surface area contributed by atoms with E-state index in [1.807, 2.05) is 29.5 Å². The van der Waals surface area contributed by atoms with Gasteiger partial charge in [-0.1, -0.05) is 24.6 Å². The molecular weight excluding hydrogens is 252 g/mol. The van der Waals surface area contributed by atoms with Gasteiger partial charge >= 0.3 is 0 Å². The minimum Gasteiger partial charge on any atom is -0.398 e. The van der Waals surface area contributed by atoms with Gasteiger partial charge in [0.1, 0.15) is 0 Å². The number of rotatable bonds is 2. The van der Waals surface area contributed by atoms with Gasteiger partial charge < -0.3 is 5.73 Å². The first-order chi connectivity index (χ1) is 9.31. The second-order valence-electron chi connectivity index (χ2n) is 5.94. The summed E-state index contributed by atoms with van der Waals surface area (Å²) in [5.74, 6) is 2.60. The molecule has 4 rings (SSSR count). The third kappa shape index (κ3) is 1.88. The normalized spacial score (nSPS) is 28.9. The first kappa shape index (κ1) is 11.5. The van der Waals surface area contributed by atoms with E-state index < -0.39 is 0 Å². The number of para-hydroxylation sites is 1. The van der Waals surface area contributed by atoms with E-state index in [2.05, 4.69) is 11.4 Å². The van der Waals surface area contributed by atoms with Crippen LogP contribution in [0.5, 0.6) is 0 Å². The zero-order chi connectivity index (χ0) is 12.8. The smallest absolute Gasteiger partial charge is 0.0966 e. The summed E-state index contributed by atoms with van der Waals surface area (Å²) in [7, 11) is 0. The highest BCUT2D eigenvalue weighted by atomic mass is 32.1. The highest BCUT2D eigenvalue weighted by Crippen LogP contribution is 2.53. The van der Waals surface area contributed by atoms with E-state index in [4.69, 9.17) is 10.7 Å². The predicted molar refractivity (Wildman–Crippen MR) is 80.2 cm³/mol. The fourth-order valence-electron chi connectivity index (χ4n) is 3.86. The Morgan fingerprint density at radius 2 is 2.05 bits per heavy atom. The molecule has 0 spiro atoms. The number of thiazole rings is 1. The number of nitrogen functional groups attached to an aromatic ring is 1. The Morgan fingerprint density at radius 1 is 1.16 bits per heavy atom. The average molecular weight is 270 g/mol. The Bertz CT molecular complexity index is 604. The van der Waals surface area contributed by atoms with Gasteiger partial charge in [0.25, 0.3) is 0 Å². The van der Waals surface area contributed by atoms with Gasteiger partial charge in [-0.2, -0.15) is 0 Å². The molecule has 3 heteroatoms. The summed E-state index contributed by atoms with van der Waals surface area (Å²) in [6, 6.07) is 8.02. The van der Waals surface area contributed by atoms with Gasteiger partial charge in [-0.05, 0) is 37.2 Å². The SMILES string of the molecule is Nc1ccccc1-c1csc(C2CC3CCC2C3)n1. The molecule has 2 aliphatic rings. The molecule has 3 atom stereocenters. The number of benzene rings is 1. The van der Waals surface area contributed by atoms with E-state index in [0.717, 1.165) is 34.7 Å². The van der Waals surface area contributed by atoms with Crippen molar-refractivity contribution in [2.75, 3.05) is 5.73 Å². The largest absolute Gasteiger partial charge is 0.398 e. The zero-order valence-electron chi connectivity index (χ0n) is 10.9. The quantitative estimate of drug-likeness (QED) is 0.826. The Morgan fingerprint density at radius 3 is 2.79 bits per heavy atom. The first-order valence-corrected chi connectivity index (χ1v) is 7.99. The summed E-state index contributed by atoms with van der Waals surface area (Å²) in [5, 5.41) is 3.51. The van der Waals surface area contributed by atoms with Crippen LogP contribution in [-0.4, -0.2) is 4.98 Å². The maximum absolute atomic E-state index is 6.04. The average Bonchev–Trinajstić information content (AvgIpc) is 3.15. The summed E-state index contributed by atoms with van der Waals surface area (Å²) in [4.78, 5) is 4.88. The molecule has 2 nitrogen and oxygen atoms in total. The molecule has 0 radical (unpaired) electrons. The van der Waals surface area contributed by atoms with Crippen LogP contribution < -0.4 is 5.73 Å². The molecule has 2 fully saturated rings. The molecule has 1 aromatic heterocycles. The number of anilines is 1. The maximum Gasteiger partial charge on any atom is 0.0966 e. The number of aromatic nitrogens is 1. The first-order valence-electron chi connectivity index (χ1n) is 7.11. The second-order valence-corrected chi connectivity index (χ2v) is 6.83. The lowest BCUT2D eigenvalue weighted by Gasteiger charge is -2.18. The van der Waals surface area contributed by atoms with Crippen LogP contribution in [-0.2, 0) is 0 Å². The number of hydrogen-bond donors (Lipinski definition) is 1. The summed E-state index contributed by atoms with van der Waals surface area (Å²) < 4.78 is 0. The maximum atomic E-state index is 6.04. The summed E-state index contributed by atoms with van der Waals surface area (Å²) in [5.41, 5.74) is 9.00. The van der Waals surface area contributed by atoms with Crippen molar-refractivity contribution in [3.8, 4) is 11.3 Å². The number of nitrogens with two attached hydrogens (primary N) is 1. The molecule has 0 saturated heterocycles. The van der Waals surface area contributed by atoms with Crippen molar-refractivity contribution in [1.29, 1.82) is 0 Å². The molecule has 2 aliphatic carbocycles. The molecule has 19 heavy (non-hydrogen) atoms.